The van der Waals surface area contributed by atoms with Crippen LogP contribution in [0.5, 0.6) is 0 Å². The van der Waals surface area contributed by atoms with Gasteiger partial charge in [-0.15, -0.1) is 0 Å². The number of amides is 2. The maximum Gasteiger partial charge on any atom is 0.323 e. The Morgan fingerprint density at radius 1 is 1.12 bits per heavy atom. The standard InChI is InChI=1S/C26H35FN6O/c1-4-22-24(29-12-11-28-22)32-13-7-20(8-14-32)31-15-9-26(10-16-31)18-33(25(34)30(2)3)23-6-5-19(27)17-21(23)26/h5-6,11-12,17,20H,4,7-10,13-16,18H2,1-3H3. The van der Waals surface area contributed by atoms with Crippen molar-refractivity contribution in [2.75, 3.05) is 56.6 Å². The fourth-order valence-electron chi connectivity index (χ4n) is 6.11. The van der Waals surface area contributed by atoms with Gasteiger partial charge >= 0.3 is 6.03 Å². The number of urea groups is 1. The van der Waals surface area contributed by atoms with Gasteiger partial charge in [0.15, 0.2) is 0 Å². The van der Waals surface area contributed by atoms with Crippen LogP contribution in [0.1, 0.15) is 43.9 Å². The molecule has 0 N–H and O–H groups in total. The summed E-state index contributed by atoms with van der Waals surface area (Å²) in [5, 5.41) is 0. The normalized spacial score (nSPS) is 20.6. The average molecular weight is 467 g/mol. The molecular formula is C26H35FN6O. The molecule has 2 fully saturated rings. The average Bonchev–Trinajstić information content (AvgIpc) is 3.17. The van der Waals surface area contributed by atoms with Crippen LogP contribution in [0.2, 0.25) is 0 Å². The van der Waals surface area contributed by atoms with Crippen molar-refractivity contribution < 1.29 is 9.18 Å². The summed E-state index contributed by atoms with van der Waals surface area (Å²) in [5.74, 6) is 0.818. The molecule has 1 aromatic heterocycles. The van der Waals surface area contributed by atoms with Crippen molar-refractivity contribution in [2.45, 2.75) is 50.5 Å². The number of anilines is 2. The number of aromatic nitrogens is 2. The molecule has 0 unspecified atom stereocenters. The highest BCUT2D eigenvalue weighted by atomic mass is 19.1. The zero-order valence-electron chi connectivity index (χ0n) is 20.5. The Labute approximate surface area is 201 Å². The molecule has 3 aliphatic rings. The number of benzene rings is 1. The maximum atomic E-state index is 14.2. The number of hydrogen-bond acceptors (Lipinski definition) is 5. The molecule has 1 aromatic carbocycles. The third kappa shape index (κ3) is 4.02. The minimum Gasteiger partial charge on any atom is -0.355 e. The summed E-state index contributed by atoms with van der Waals surface area (Å²) in [6, 6.07) is 5.44. The number of fused-ring (bicyclic) bond motifs is 2. The smallest absolute Gasteiger partial charge is 0.323 e. The van der Waals surface area contributed by atoms with Gasteiger partial charge in [0.05, 0.1) is 5.69 Å². The molecule has 182 valence electrons. The van der Waals surface area contributed by atoms with Crippen molar-refractivity contribution >= 4 is 17.5 Å². The molecule has 7 nitrogen and oxygen atoms in total. The zero-order chi connectivity index (χ0) is 23.9. The summed E-state index contributed by atoms with van der Waals surface area (Å²) < 4.78 is 14.2. The highest BCUT2D eigenvalue weighted by Crippen LogP contribution is 2.48. The summed E-state index contributed by atoms with van der Waals surface area (Å²) in [6.07, 6.45) is 8.59. The van der Waals surface area contributed by atoms with Gasteiger partial charge in [0, 0.05) is 63.3 Å². The predicted octanol–water partition coefficient (Wildman–Crippen LogP) is 3.68. The molecule has 4 heterocycles. The van der Waals surface area contributed by atoms with Gasteiger partial charge in [0.2, 0.25) is 0 Å². The highest BCUT2D eigenvalue weighted by molar-refractivity contribution is 5.95. The van der Waals surface area contributed by atoms with Crippen LogP contribution in [0.3, 0.4) is 0 Å². The fourth-order valence-corrected chi connectivity index (χ4v) is 6.11. The lowest BCUT2D eigenvalue weighted by molar-refractivity contribution is 0.104. The highest BCUT2D eigenvalue weighted by Gasteiger charge is 2.47. The molecule has 34 heavy (non-hydrogen) atoms. The van der Waals surface area contributed by atoms with E-state index in [1.165, 1.54) is 6.07 Å². The molecule has 0 radical (unpaired) electrons. The Hall–Kier alpha value is -2.74. The van der Waals surface area contributed by atoms with E-state index in [1.54, 1.807) is 43.5 Å². The molecule has 2 amide bonds. The van der Waals surface area contributed by atoms with Gasteiger partial charge in [-0.1, -0.05) is 6.92 Å². The zero-order valence-corrected chi connectivity index (χ0v) is 20.5. The number of hydrogen-bond donors (Lipinski definition) is 0. The quantitative estimate of drug-likeness (QED) is 0.691. The topological polar surface area (TPSA) is 55.8 Å². The minimum atomic E-state index is -0.220. The van der Waals surface area contributed by atoms with Crippen molar-refractivity contribution in [2.24, 2.45) is 0 Å². The molecule has 5 rings (SSSR count). The first kappa shape index (κ1) is 23.0. The second-order valence-electron chi connectivity index (χ2n) is 10.1. The summed E-state index contributed by atoms with van der Waals surface area (Å²) in [5.41, 5.74) is 2.80. The predicted molar refractivity (Wildman–Crippen MR) is 132 cm³/mol. The van der Waals surface area contributed by atoms with Crippen LogP contribution < -0.4 is 9.80 Å². The van der Waals surface area contributed by atoms with Crippen molar-refractivity contribution in [1.82, 2.24) is 19.8 Å². The van der Waals surface area contributed by atoms with Gasteiger partial charge in [0.25, 0.3) is 0 Å². The number of nitrogens with zero attached hydrogens (tertiary/aromatic N) is 6. The molecule has 0 aliphatic carbocycles. The Morgan fingerprint density at radius 3 is 2.50 bits per heavy atom. The second kappa shape index (κ2) is 9.13. The first-order valence-electron chi connectivity index (χ1n) is 12.5. The molecule has 2 aromatic rings. The fraction of sp³-hybridized carbons (Fsp3) is 0.577. The molecule has 0 saturated carbocycles. The lowest BCUT2D eigenvalue weighted by atomic mass is 9.74. The van der Waals surface area contributed by atoms with E-state index in [-0.39, 0.29) is 17.3 Å². The van der Waals surface area contributed by atoms with E-state index in [9.17, 15) is 9.18 Å². The number of halogens is 1. The lowest BCUT2D eigenvalue weighted by Crippen LogP contribution is -2.52. The molecule has 8 heteroatoms. The van der Waals surface area contributed by atoms with Crippen LogP contribution in [-0.4, -0.2) is 78.7 Å². The van der Waals surface area contributed by atoms with Gasteiger partial charge in [-0.2, -0.15) is 0 Å². The number of carbonyl (C=O) groups excluding carboxylic acids is 1. The summed E-state index contributed by atoms with van der Waals surface area (Å²) in [6.45, 7) is 6.73. The Balaban J connectivity index is 1.26. The van der Waals surface area contributed by atoms with Crippen LogP contribution in [0, 0.1) is 5.82 Å². The number of likely N-dealkylation sites (tertiary alicyclic amines) is 1. The van der Waals surface area contributed by atoms with Crippen molar-refractivity contribution in [1.29, 1.82) is 0 Å². The third-order valence-corrected chi connectivity index (χ3v) is 8.02. The van der Waals surface area contributed by atoms with E-state index in [0.717, 1.165) is 81.0 Å². The van der Waals surface area contributed by atoms with Gasteiger partial charge in [-0.3, -0.25) is 9.88 Å². The van der Waals surface area contributed by atoms with Gasteiger partial charge in [-0.05, 0) is 69.0 Å². The monoisotopic (exact) mass is 466 g/mol. The molecular weight excluding hydrogens is 431 g/mol. The van der Waals surface area contributed by atoms with Crippen molar-refractivity contribution in [3.8, 4) is 0 Å². The van der Waals surface area contributed by atoms with Crippen LogP contribution in [-0.2, 0) is 11.8 Å². The third-order valence-electron chi connectivity index (χ3n) is 8.02. The first-order chi connectivity index (χ1) is 16.4. The molecule has 0 bridgehead atoms. The number of rotatable bonds is 3. The minimum absolute atomic E-state index is 0.0324. The number of carbonyl (C=O) groups is 1. The summed E-state index contributed by atoms with van der Waals surface area (Å²) in [7, 11) is 3.55. The van der Waals surface area contributed by atoms with Crippen LogP contribution in [0.15, 0.2) is 30.6 Å². The van der Waals surface area contributed by atoms with Gasteiger partial charge in [0.1, 0.15) is 11.6 Å². The van der Waals surface area contributed by atoms with E-state index in [0.29, 0.717) is 12.6 Å². The summed E-state index contributed by atoms with van der Waals surface area (Å²) in [4.78, 5) is 30.4. The Bertz CT molecular complexity index is 1040. The van der Waals surface area contributed by atoms with Crippen molar-refractivity contribution in [3.05, 3.63) is 47.7 Å². The van der Waals surface area contributed by atoms with E-state index in [2.05, 4.69) is 26.7 Å². The number of piperidine rings is 2. The van der Waals surface area contributed by atoms with E-state index in [4.69, 9.17) is 0 Å². The lowest BCUT2D eigenvalue weighted by Gasteiger charge is -2.45. The van der Waals surface area contributed by atoms with E-state index in [1.807, 2.05) is 4.90 Å². The molecule has 0 atom stereocenters. The largest absolute Gasteiger partial charge is 0.355 e. The van der Waals surface area contributed by atoms with Crippen molar-refractivity contribution in [3.63, 3.8) is 0 Å². The Morgan fingerprint density at radius 2 is 1.82 bits per heavy atom. The van der Waals surface area contributed by atoms with Crippen LogP contribution in [0.25, 0.3) is 0 Å². The first-order valence-corrected chi connectivity index (χ1v) is 12.5. The number of aryl methyl sites for hydroxylation is 1. The maximum absolute atomic E-state index is 14.2. The SMILES string of the molecule is CCc1nccnc1N1CCC(N2CCC3(CC2)CN(C(=O)N(C)C)c2ccc(F)cc23)CC1. The Kier molecular flexibility index (Phi) is 6.18. The van der Waals surface area contributed by atoms with Crippen LogP contribution >= 0.6 is 0 Å². The second-order valence-corrected chi connectivity index (χ2v) is 10.1. The summed E-state index contributed by atoms with van der Waals surface area (Å²) >= 11 is 0. The van der Waals surface area contributed by atoms with Crippen LogP contribution in [0.4, 0.5) is 20.7 Å². The van der Waals surface area contributed by atoms with E-state index >= 15 is 0 Å². The molecule has 3 aliphatic heterocycles. The molecule has 2 saturated heterocycles. The van der Waals surface area contributed by atoms with E-state index < -0.39 is 0 Å². The molecule has 1 spiro atoms. The van der Waals surface area contributed by atoms with Gasteiger partial charge in [-0.25, -0.2) is 14.2 Å². The van der Waals surface area contributed by atoms with Gasteiger partial charge < -0.3 is 14.7 Å².